The van der Waals surface area contributed by atoms with E-state index in [0.29, 0.717) is 11.4 Å². The summed E-state index contributed by atoms with van der Waals surface area (Å²) in [5.41, 5.74) is 11.1. The van der Waals surface area contributed by atoms with E-state index < -0.39 is 5.92 Å². The van der Waals surface area contributed by atoms with Crippen LogP contribution in [-0.4, -0.2) is 66.1 Å². The number of rotatable bonds is 11. The second kappa shape index (κ2) is 13.5. The molecule has 0 radical (unpaired) electrons. The number of likely N-dealkylation sites (N-methyl/N-ethyl adjacent to an activating group) is 1. The topological polar surface area (TPSA) is 165 Å². The molecule has 1 aromatic heterocycles. The fourth-order valence-electron chi connectivity index (χ4n) is 3.86. The molecule has 5 N–H and O–H groups in total. The number of nitrogens with zero attached hydrogens (tertiary/aromatic N) is 4. The molecule has 12 heteroatoms. The highest BCUT2D eigenvalue weighted by Crippen LogP contribution is 2.29. The third-order valence-corrected chi connectivity index (χ3v) is 6.93. The van der Waals surface area contributed by atoms with Gasteiger partial charge in [0.15, 0.2) is 0 Å². The molecule has 2 aromatic rings. The summed E-state index contributed by atoms with van der Waals surface area (Å²) in [6.45, 7) is -0.106. The van der Waals surface area contributed by atoms with Gasteiger partial charge < -0.3 is 26.4 Å². The van der Waals surface area contributed by atoms with E-state index in [-0.39, 0.29) is 49.4 Å². The lowest BCUT2D eigenvalue weighted by Gasteiger charge is -2.24. The number of para-hydroxylation sites is 1. The van der Waals surface area contributed by atoms with Crippen molar-refractivity contribution in [2.24, 2.45) is 21.7 Å². The summed E-state index contributed by atoms with van der Waals surface area (Å²) in [6.07, 6.45) is 6.75. The van der Waals surface area contributed by atoms with Crippen LogP contribution in [0.25, 0.3) is 10.2 Å². The van der Waals surface area contributed by atoms with Gasteiger partial charge >= 0.3 is 5.97 Å². The van der Waals surface area contributed by atoms with Crippen molar-refractivity contribution in [1.29, 1.82) is 0 Å². The summed E-state index contributed by atoms with van der Waals surface area (Å²) >= 11 is 1.42. The van der Waals surface area contributed by atoms with Gasteiger partial charge in [-0.05, 0) is 44.2 Å². The number of aromatic nitrogens is 1. The fourth-order valence-corrected chi connectivity index (χ4v) is 4.92. The first-order valence-electron chi connectivity index (χ1n) is 12.0. The summed E-state index contributed by atoms with van der Waals surface area (Å²) in [5, 5.41) is 10.5. The van der Waals surface area contributed by atoms with Crippen molar-refractivity contribution in [3.8, 4) is 0 Å². The van der Waals surface area contributed by atoms with Crippen LogP contribution in [0.2, 0.25) is 0 Å². The zero-order valence-corrected chi connectivity index (χ0v) is 21.2. The molecule has 1 aliphatic rings. The third kappa shape index (κ3) is 8.29. The fraction of sp³-hybridized carbons (Fsp3) is 0.500. The van der Waals surface area contributed by atoms with Gasteiger partial charge in [0.05, 0.1) is 16.8 Å². The van der Waals surface area contributed by atoms with Crippen LogP contribution in [-0.2, 0) is 19.1 Å². The number of carbonyl (C=O) groups is 3. The van der Waals surface area contributed by atoms with E-state index in [1.807, 2.05) is 24.3 Å². The molecule has 0 spiro atoms. The van der Waals surface area contributed by atoms with Crippen molar-refractivity contribution >= 4 is 51.5 Å². The van der Waals surface area contributed by atoms with E-state index in [1.54, 1.807) is 0 Å². The molecule has 1 unspecified atom stereocenters. The standard InChI is InChI=1S/C24H33N7O4S/c1-31(21(33)12-7-13-28-30-24(25)26)15-20(32)27-14-17(23(34)35-16-8-3-2-4-9-16)22-29-18-10-5-6-11-19(18)36-22/h5-6,10-11,13,16-17H,2-4,7-9,12,14-15H2,1H3,(H,27,32)(H4,25,26,30). The first-order valence-corrected chi connectivity index (χ1v) is 12.8. The molecule has 3 rings (SSSR count). The number of fused-ring (bicyclic) bond motifs is 1. The molecule has 2 amide bonds. The number of hydrogen-bond donors (Lipinski definition) is 3. The average molecular weight is 516 g/mol. The monoisotopic (exact) mass is 515 g/mol. The maximum atomic E-state index is 13.1. The molecule has 1 aromatic carbocycles. The van der Waals surface area contributed by atoms with Gasteiger partial charge in [-0.2, -0.15) is 5.10 Å². The predicted octanol–water partition coefficient (Wildman–Crippen LogP) is 1.87. The Hall–Kier alpha value is -3.54. The Morgan fingerprint density at radius 3 is 2.72 bits per heavy atom. The molecule has 1 heterocycles. The van der Waals surface area contributed by atoms with Gasteiger partial charge in [0.25, 0.3) is 0 Å². The highest BCUT2D eigenvalue weighted by molar-refractivity contribution is 7.18. The molecule has 1 fully saturated rings. The summed E-state index contributed by atoms with van der Waals surface area (Å²) in [4.78, 5) is 43.9. The Kier molecular flexibility index (Phi) is 10.2. The first kappa shape index (κ1) is 27.1. The lowest BCUT2D eigenvalue weighted by molar-refractivity contribution is -0.152. The molecule has 0 saturated heterocycles. The van der Waals surface area contributed by atoms with Crippen molar-refractivity contribution in [1.82, 2.24) is 15.2 Å². The predicted molar refractivity (Wildman–Crippen MR) is 140 cm³/mol. The summed E-state index contributed by atoms with van der Waals surface area (Å²) in [6, 6.07) is 7.64. The summed E-state index contributed by atoms with van der Waals surface area (Å²) in [7, 11) is 1.54. The number of nitrogens with one attached hydrogen (secondary N) is 1. The highest BCUT2D eigenvalue weighted by Gasteiger charge is 2.29. The van der Waals surface area contributed by atoms with Gasteiger partial charge in [0.1, 0.15) is 17.0 Å². The number of hydrogen-bond acceptors (Lipinski definition) is 8. The van der Waals surface area contributed by atoms with E-state index in [2.05, 4.69) is 20.5 Å². The number of ether oxygens (including phenoxy) is 1. The van der Waals surface area contributed by atoms with Crippen LogP contribution < -0.4 is 16.8 Å². The maximum absolute atomic E-state index is 13.1. The molecular weight excluding hydrogens is 482 g/mol. The number of nitrogens with two attached hydrogens (primary N) is 2. The van der Waals surface area contributed by atoms with Gasteiger partial charge in [-0.15, -0.1) is 16.4 Å². The highest BCUT2D eigenvalue weighted by atomic mass is 32.1. The van der Waals surface area contributed by atoms with Crippen molar-refractivity contribution in [2.75, 3.05) is 20.1 Å². The Bertz CT molecular complexity index is 1070. The molecule has 1 atom stereocenters. The van der Waals surface area contributed by atoms with E-state index in [0.717, 1.165) is 42.3 Å². The van der Waals surface area contributed by atoms with E-state index >= 15 is 0 Å². The van der Waals surface area contributed by atoms with Crippen LogP contribution >= 0.6 is 11.3 Å². The van der Waals surface area contributed by atoms with Crippen molar-refractivity contribution in [2.45, 2.75) is 57.0 Å². The van der Waals surface area contributed by atoms with Crippen molar-refractivity contribution in [3.05, 3.63) is 29.3 Å². The number of carbonyl (C=O) groups excluding carboxylic acids is 3. The van der Waals surface area contributed by atoms with Crippen molar-refractivity contribution in [3.63, 3.8) is 0 Å². The summed E-state index contributed by atoms with van der Waals surface area (Å²) in [5.74, 6) is -1.89. The largest absolute Gasteiger partial charge is 0.462 e. The molecule has 194 valence electrons. The number of amides is 2. The smallest absolute Gasteiger partial charge is 0.317 e. The van der Waals surface area contributed by atoms with Crippen LogP contribution in [0.5, 0.6) is 0 Å². The van der Waals surface area contributed by atoms with E-state index in [4.69, 9.17) is 16.2 Å². The zero-order chi connectivity index (χ0) is 25.9. The lowest BCUT2D eigenvalue weighted by atomic mass is 9.97. The Labute approximate surface area is 214 Å². The Morgan fingerprint density at radius 2 is 2.00 bits per heavy atom. The van der Waals surface area contributed by atoms with Crippen LogP contribution in [0, 0.1) is 0 Å². The molecule has 11 nitrogen and oxygen atoms in total. The third-order valence-electron chi connectivity index (χ3n) is 5.78. The van der Waals surface area contributed by atoms with Crippen LogP contribution in [0.15, 0.2) is 34.5 Å². The number of benzene rings is 1. The van der Waals surface area contributed by atoms with E-state index in [9.17, 15) is 14.4 Å². The molecule has 36 heavy (non-hydrogen) atoms. The SMILES string of the molecule is CN(CC(=O)NCC(C(=O)OC1CCCCC1)c1nc2ccccc2s1)C(=O)CCC=NN=C(N)N. The Morgan fingerprint density at radius 1 is 1.25 bits per heavy atom. The summed E-state index contributed by atoms with van der Waals surface area (Å²) < 4.78 is 6.77. The lowest BCUT2D eigenvalue weighted by Crippen LogP contribution is -2.41. The molecule has 0 aliphatic heterocycles. The van der Waals surface area contributed by atoms with Gasteiger partial charge in [-0.25, -0.2) is 4.98 Å². The van der Waals surface area contributed by atoms with Crippen LogP contribution in [0.1, 0.15) is 55.9 Å². The normalized spacial score (nSPS) is 14.9. The molecular formula is C24H33N7O4S. The average Bonchev–Trinajstić information content (AvgIpc) is 3.28. The van der Waals surface area contributed by atoms with Gasteiger partial charge in [-0.3, -0.25) is 14.4 Å². The maximum Gasteiger partial charge on any atom is 0.317 e. The zero-order valence-electron chi connectivity index (χ0n) is 20.4. The van der Waals surface area contributed by atoms with E-state index in [1.165, 1.54) is 29.5 Å². The van der Waals surface area contributed by atoms with Crippen molar-refractivity contribution < 1.29 is 19.1 Å². The van der Waals surface area contributed by atoms with Gasteiger partial charge in [0.2, 0.25) is 17.8 Å². The molecule has 0 bridgehead atoms. The molecule has 1 saturated carbocycles. The van der Waals surface area contributed by atoms with Crippen LogP contribution in [0.4, 0.5) is 0 Å². The minimum Gasteiger partial charge on any atom is -0.462 e. The number of guanidine groups is 1. The van der Waals surface area contributed by atoms with Crippen LogP contribution in [0.3, 0.4) is 0 Å². The minimum absolute atomic E-state index is 0.0391. The van der Waals surface area contributed by atoms with Gasteiger partial charge in [0, 0.05) is 26.2 Å². The quantitative estimate of drug-likeness (QED) is 0.178. The minimum atomic E-state index is -0.721. The van der Waals surface area contributed by atoms with Gasteiger partial charge in [-0.1, -0.05) is 18.6 Å². The second-order valence-electron chi connectivity index (χ2n) is 8.68. The number of esters is 1. The Balaban J connectivity index is 1.58. The number of thiazole rings is 1. The molecule has 1 aliphatic carbocycles. The second-order valence-corrected chi connectivity index (χ2v) is 9.75. The first-order chi connectivity index (χ1) is 17.3.